The van der Waals surface area contributed by atoms with Gasteiger partial charge in [-0.25, -0.2) is 9.59 Å². The standard InChI is InChI=1S/C19H32O8/c1-13(2)15(21)26-17(25-11-10-24-9-8-20)19(23,12-18(5,6)7)27-16(22)14(3)4/h17,20,23H,1,3,8-12H2,2,4-7H3. The van der Waals surface area contributed by atoms with Crippen LogP contribution in [-0.4, -0.2) is 60.7 Å². The second kappa shape index (κ2) is 11.2. The van der Waals surface area contributed by atoms with Gasteiger partial charge in [0.2, 0.25) is 0 Å². The quantitative estimate of drug-likeness (QED) is 0.225. The molecule has 0 bridgehead atoms. The van der Waals surface area contributed by atoms with Crippen molar-refractivity contribution in [1.82, 2.24) is 0 Å². The molecule has 0 aromatic rings. The van der Waals surface area contributed by atoms with Gasteiger partial charge in [-0.2, -0.15) is 0 Å². The Morgan fingerprint density at radius 2 is 1.56 bits per heavy atom. The number of aliphatic hydroxyl groups is 2. The van der Waals surface area contributed by atoms with E-state index in [2.05, 4.69) is 13.2 Å². The number of aliphatic hydroxyl groups excluding tert-OH is 1. The van der Waals surface area contributed by atoms with Crippen molar-refractivity contribution < 1.29 is 38.7 Å². The Morgan fingerprint density at radius 3 is 2.00 bits per heavy atom. The summed E-state index contributed by atoms with van der Waals surface area (Å²) in [6.45, 7) is 15.2. The van der Waals surface area contributed by atoms with E-state index in [1.54, 1.807) is 0 Å². The highest BCUT2D eigenvalue weighted by Gasteiger charge is 2.47. The average Bonchev–Trinajstić information content (AvgIpc) is 2.51. The van der Waals surface area contributed by atoms with Crippen LogP contribution in [0.5, 0.6) is 0 Å². The third kappa shape index (κ3) is 10.2. The van der Waals surface area contributed by atoms with Crippen molar-refractivity contribution in [3.63, 3.8) is 0 Å². The summed E-state index contributed by atoms with van der Waals surface area (Å²) in [5.41, 5.74) is -0.350. The van der Waals surface area contributed by atoms with Crippen molar-refractivity contribution in [2.24, 2.45) is 5.41 Å². The van der Waals surface area contributed by atoms with E-state index < -0.39 is 29.4 Å². The molecule has 0 aliphatic carbocycles. The molecule has 8 nitrogen and oxygen atoms in total. The van der Waals surface area contributed by atoms with E-state index in [0.29, 0.717) is 0 Å². The van der Waals surface area contributed by atoms with Crippen LogP contribution in [0, 0.1) is 5.41 Å². The van der Waals surface area contributed by atoms with Crippen molar-refractivity contribution in [3.05, 3.63) is 24.3 Å². The van der Waals surface area contributed by atoms with Crippen molar-refractivity contribution in [2.45, 2.75) is 53.1 Å². The lowest BCUT2D eigenvalue weighted by Crippen LogP contribution is -2.52. The molecule has 0 aromatic carbocycles. The first-order chi connectivity index (χ1) is 12.3. The van der Waals surface area contributed by atoms with Gasteiger partial charge in [0.15, 0.2) is 0 Å². The fourth-order valence-electron chi connectivity index (χ4n) is 2.01. The first kappa shape index (κ1) is 25.3. The zero-order valence-electron chi connectivity index (χ0n) is 16.9. The molecule has 0 aliphatic heterocycles. The molecule has 2 N–H and O–H groups in total. The lowest BCUT2D eigenvalue weighted by atomic mass is 9.87. The number of carbonyl (C=O) groups excluding carboxylic acids is 2. The maximum Gasteiger partial charge on any atom is 0.335 e. The van der Waals surface area contributed by atoms with E-state index in [1.165, 1.54) is 13.8 Å². The number of esters is 2. The predicted molar refractivity (Wildman–Crippen MR) is 98.5 cm³/mol. The van der Waals surface area contributed by atoms with Crippen LogP contribution >= 0.6 is 0 Å². The lowest BCUT2D eigenvalue weighted by molar-refractivity contribution is -0.322. The average molecular weight is 388 g/mol. The SMILES string of the molecule is C=C(C)C(=O)OC(OCCOCCO)C(O)(CC(C)(C)C)OC(=O)C(=C)C. The first-order valence-corrected chi connectivity index (χ1v) is 8.60. The molecular weight excluding hydrogens is 356 g/mol. The number of hydrogen-bond acceptors (Lipinski definition) is 8. The van der Waals surface area contributed by atoms with Crippen LogP contribution < -0.4 is 0 Å². The molecule has 0 aromatic heterocycles. The summed E-state index contributed by atoms with van der Waals surface area (Å²) in [6, 6.07) is 0. The number of carbonyl (C=O) groups is 2. The molecule has 8 heteroatoms. The Balaban J connectivity index is 5.55. The summed E-state index contributed by atoms with van der Waals surface area (Å²) >= 11 is 0. The normalized spacial score (nSPS) is 14.8. The van der Waals surface area contributed by atoms with Gasteiger partial charge in [-0.3, -0.25) is 0 Å². The topological polar surface area (TPSA) is 112 Å². The second-order valence-electron chi connectivity index (χ2n) is 7.48. The highest BCUT2D eigenvalue weighted by atomic mass is 16.8. The molecule has 2 unspecified atom stereocenters. The van der Waals surface area contributed by atoms with Crippen molar-refractivity contribution in [1.29, 1.82) is 0 Å². The molecule has 0 rings (SSSR count). The largest absolute Gasteiger partial charge is 0.425 e. The summed E-state index contributed by atoms with van der Waals surface area (Å²) in [5, 5.41) is 19.8. The van der Waals surface area contributed by atoms with Crippen LogP contribution in [0.1, 0.15) is 41.0 Å². The van der Waals surface area contributed by atoms with Crippen LogP contribution in [0.3, 0.4) is 0 Å². The third-order valence-corrected chi connectivity index (χ3v) is 3.06. The fraction of sp³-hybridized carbons (Fsp3) is 0.684. The Morgan fingerprint density at radius 1 is 1.00 bits per heavy atom. The predicted octanol–water partition coefficient (Wildman–Crippen LogP) is 1.70. The molecular formula is C19H32O8. The molecule has 0 amide bonds. The summed E-state index contributed by atoms with van der Waals surface area (Å²) in [5.74, 6) is -3.91. The van der Waals surface area contributed by atoms with Crippen molar-refractivity contribution in [3.8, 4) is 0 Å². The highest BCUT2D eigenvalue weighted by molar-refractivity contribution is 5.88. The number of hydrogen-bond donors (Lipinski definition) is 2. The molecule has 0 spiro atoms. The zero-order chi connectivity index (χ0) is 21.3. The molecule has 0 heterocycles. The summed E-state index contributed by atoms with van der Waals surface area (Å²) in [6.07, 6.45) is -1.69. The smallest absolute Gasteiger partial charge is 0.335 e. The highest BCUT2D eigenvalue weighted by Crippen LogP contribution is 2.33. The summed E-state index contributed by atoms with van der Waals surface area (Å²) in [7, 11) is 0. The molecule has 0 aliphatic rings. The van der Waals surface area contributed by atoms with E-state index in [0.717, 1.165) is 0 Å². The van der Waals surface area contributed by atoms with Crippen LogP contribution in [0.2, 0.25) is 0 Å². The van der Waals surface area contributed by atoms with Gasteiger partial charge in [-0.05, 0) is 19.3 Å². The molecule has 0 saturated carbocycles. The van der Waals surface area contributed by atoms with Gasteiger partial charge >= 0.3 is 11.9 Å². The van der Waals surface area contributed by atoms with Crippen molar-refractivity contribution in [2.75, 3.05) is 26.4 Å². The fourth-order valence-corrected chi connectivity index (χ4v) is 2.01. The maximum atomic E-state index is 12.0. The van der Waals surface area contributed by atoms with Crippen LogP contribution in [0.25, 0.3) is 0 Å². The van der Waals surface area contributed by atoms with Gasteiger partial charge in [0.05, 0.1) is 26.4 Å². The molecule has 0 radical (unpaired) electrons. The minimum atomic E-state index is -2.25. The van der Waals surface area contributed by atoms with Crippen LogP contribution in [0.15, 0.2) is 24.3 Å². The van der Waals surface area contributed by atoms with E-state index in [1.807, 2.05) is 20.8 Å². The van der Waals surface area contributed by atoms with Gasteiger partial charge in [0.25, 0.3) is 12.1 Å². The van der Waals surface area contributed by atoms with E-state index in [4.69, 9.17) is 24.1 Å². The monoisotopic (exact) mass is 388 g/mol. The summed E-state index contributed by atoms with van der Waals surface area (Å²) < 4.78 is 20.9. The van der Waals surface area contributed by atoms with Gasteiger partial charge in [0.1, 0.15) is 0 Å². The second-order valence-corrected chi connectivity index (χ2v) is 7.48. The minimum absolute atomic E-state index is 0.0681. The summed E-state index contributed by atoms with van der Waals surface area (Å²) in [4.78, 5) is 24.0. The number of rotatable bonds is 12. The van der Waals surface area contributed by atoms with Crippen LogP contribution in [0.4, 0.5) is 0 Å². The van der Waals surface area contributed by atoms with E-state index >= 15 is 0 Å². The zero-order valence-corrected chi connectivity index (χ0v) is 16.9. The van der Waals surface area contributed by atoms with Crippen molar-refractivity contribution >= 4 is 11.9 Å². The minimum Gasteiger partial charge on any atom is -0.425 e. The van der Waals surface area contributed by atoms with E-state index in [-0.39, 0.29) is 44.0 Å². The van der Waals surface area contributed by atoms with Gasteiger partial charge < -0.3 is 29.2 Å². The first-order valence-electron chi connectivity index (χ1n) is 8.60. The van der Waals surface area contributed by atoms with Crippen LogP contribution in [-0.2, 0) is 28.5 Å². The molecule has 156 valence electrons. The lowest BCUT2D eigenvalue weighted by Gasteiger charge is -2.38. The Labute approximate surface area is 160 Å². The molecule has 0 fully saturated rings. The Bertz CT molecular complexity index is 534. The molecule has 0 saturated heterocycles. The third-order valence-electron chi connectivity index (χ3n) is 3.06. The number of ether oxygens (including phenoxy) is 4. The Hall–Kier alpha value is -1.74. The van der Waals surface area contributed by atoms with Gasteiger partial charge in [-0.1, -0.05) is 33.9 Å². The van der Waals surface area contributed by atoms with Gasteiger partial charge in [0, 0.05) is 17.6 Å². The maximum absolute atomic E-state index is 12.0. The van der Waals surface area contributed by atoms with Gasteiger partial charge in [-0.15, -0.1) is 0 Å². The van der Waals surface area contributed by atoms with E-state index in [9.17, 15) is 14.7 Å². The Kier molecular flexibility index (Phi) is 10.5. The molecule has 27 heavy (non-hydrogen) atoms. The molecule has 2 atom stereocenters.